The Balaban J connectivity index is 1.57. The monoisotopic (exact) mass is 305 g/mol. The van der Waals surface area contributed by atoms with Gasteiger partial charge in [0.1, 0.15) is 5.65 Å². The molecule has 3 nitrogen and oxygen atoms in total. The lowest BCUT2D eigenvalue weighted by molar-refractivity contribution is 0.175. The Morgan fingerprint density at radius 1 is 0.957 bits per heavy atom. The first kappa shape index (κ1) is 14.5. The van der Waals surface area contributed by atoms with E-state index in [4.69, 9.17) is 4.98 Å². The maximum Gasteiger partial charge on any atom is 0.137 e. The summed E-state index contributed by atoms with van der Waals surface area (Å²) in [5.74, 6) is 0. The normalized spacial score (nSPS) is 17.4. The lowest BCUT2D eigenvalue weighted by Gasteiger charge is -2.32. The summed E-state index contributed by atoms with van der Waals surface area (Å²) in [6, 6.07) is 15.5. The largest absolute Gasteiger partial charge is 0.306 e. The van der Waals surface area contributed by atoms with Crippen LogP contribution in [0, 0.1) is 0 Å². The van der Waals surface area contributed by atoms with Crippen LogP contribution in [0.15, 0.2) is 54.9 Å². The summed E-state index contributed by atoms with van der Waals surface area (Å²) in [4.78, 5) is 7.30. The summed E-state index contributed by atoms with van der Waals surface area (Å²) in [5.41, 5.74) is 4.62. The van der Waals surface area contributed by atoms with Crippen molar-refractivity contribution in [1.29, 1.82) is 0 Å². The quantitative estimate of drug-likeness (QED) is 0.707. The molecule has 0 N–H and O–H groups in total. The van der Waals surface area contributed by atoms with Gasteiger partial charge in [-0.2, -0.15) is 0 Å². The van der Waals surface area contributed by atoms with Gasteiger partial charge in [-0.25, -0.2) is 4.98 Å². The van der Waals surface area contributed by atoms with Crippen molar-refractivity contribution in [3.63, 3.8) is 0 Å². The van der Waals surface area contributed by atoms with Gasteiger partial charge >= 0.3 is 0 Å². The molecule has 3 heteroatoms. The van der Waals surface area contributed by atoms with Gasteiger partial charge in [-0.15, -0.1) is 0 Å². The number of imidazole rings is 1. The molecule has 3 aromatic rings. The molecule has 1 saturated heterocycles. The maximum absolute atomic E-state index is 4.70. The second kappa shape index (κ2) is 6.17. The topological polar surface area (TPSA) is 20.5 Å². The average Bonchev–Trinajstić information content (AvgIpc) is 3.06. The lowest BCUT2D eigenvalue weighted by Crippen LogP contribution is -2.32. The van der Waals surface area contributed by atoms with E-state index < -0.39 is 0 Å². The molecule has 0 bridgehead atoms. The molecule has 0 amide bonds. The van der Waals surface area contributed by atoms with E-state index in [-0.39, 0.29) is 0 Å². The van der Waals surface area contributed by atoms with Crippen molar-refractivity contribution in [1.82, 2.24) is 14.3 Å². The standard InChI is InChI=1S/C20H23N3/c1-16(22-12-4-2-5-13-22)17-8-10-18(11-9-17)19-15-23-14-6-3-7-20(23)21-19/h3,6-11,14-16H,2,4-5,12-13H2,1H3. The summed E-state index contributed by atoms with van der Waals surface area (Å²) in [5, 5.41) is 0. The summed E-state index contributed by atoms with van der Waals surface area (Å²) in [7, 11) is 0. The number of nitrogens with zero attached hydrogens (tertiary/aromatic N) is 3. The van der Waals surface area contributed by atoms with E-state index in [9.17, 15) is 0 Å². The van der Waals surface area contributed by atoms with Crippen LogP contribution in [0.25, 0.3) is 16.9 Å². The van der Waals surface area contributed by atoms with E-state index in [0.29, 0.717) is 6.04 Å². The van der Waals surface area contributed by atoms with E-state index in [1.807, 2.05) is 24.4 Å². The Kier molecular flexibility index (Phi) is 3.88. The van der Waals surface area contributed by atoms with Gasteiger partial charge in [-0.3, -0.25) is 4.90 Å². The van der Waals surface area contributed by atoms with Gasteiger partial charge in [0, 0.05) is 24.0 Å². The van der Waals surface area contributed by atoms with Crippen LogP contribution in [0.1, 0.15) is 37.8 Å². The van der Waals surface area contributed by atoms with Gasteiger partial charge in [-0.1, -0.05) is 36.8 Å². The van der Waals surface area contributed by atoms with Crippen LogP contribution in [0.5, 0.6) is 0 Å². The lowest BCUT2D eigenvalue weighted by atomic mass is 10.0. The summed E-state index contributed by atoms with van der Waals surface area (Å²) < 4.78 is 2.07. The molecule has 4 rings (SSSR count). The highest BCUT2D eigenvalue weighted by Crippen LogP contribution is 2.26. The summed E-state index contributed by atoms with van der Waals surface area (Å²) in [6.45, 7) is 4.79. The molecule has 0 spiro atoms. The highest BCUT2D eigenvalue weighted by molar-refractivity contribution is 5.62. The Hall–Kier alpha value is -2.13. The number of rotatable bonds is 3. The fourth-order valence-electron chi connectivity index (χ4n) is 3.52. The first-order chi connectivity index (χ1) is 11.3. The van der Waals surface area contributed by atoms with Gasteiger partial charge < -0.3 is 4.40 Å². The van der Waals surface area contributed by atoms with Crippen molar-refractivity contribution in [2.75, 3.05) is 13.1 Å². The van der Waals surface area contributed by atoms with E-state index in [1.165, 1.54) is 43.5 Å². The van der Waals surface area contributed by atoms with Crippen LogP contribution >= 0.6 is 0 Å². The van der Waals surface area contributed by atoms with Crippen LogP contribution in [0.3, 0.4) is 0 Å². The molecule has 1 fully saturated rings. The average molecular weight is 305 g/mol. The van der Waals surface area contributed by atoms with Crippen molar-refractivity contribution < 1.29 is 0 Å². The molecule has 2 aromatic heterocycles. The molecule has 0 aliphatic carbocycles. The highest BCUT2D eigenvalue weighted by Gasteiger charge is 2.18. The van der Waals surface area contributed by atoms with Gasteiger partial charge in [0.25, 0.3) is 0 Å². The third-order valence-electron chi connectivity index (χ3n) is 4.99. The van der Waals surface area contributed by atoms with Crippen LogP contribution < -0.4 is 0 Å². The zero-order valence-corrected chi connectivity index (χ0v) is 13.7. The first-order valence-electron chi connectivity index (χ1n) is 8.59. The van der Waals surface area contributed by atoms with Crippen molar-refractivity contribution >= 4 is 5.65 Å². The number of likely N-dealkylation sites (tertiary alicyclic amines) is 1. The first-order valence-corrected chi connectivity index (χ1v) is 8.59. The Bertz CT molecular complexity index is 749. The van der Waals surface area contributed by atoms with Crippen molar-refractivity contribution in [2.45, 2.75) is 32.2 Å². The number of benzene rings is 1. The van der Waals surface area contributed by atoms with E-state index >= 15 is 0 Å². The fourth-order valence-corrected chi connectivity index (χ4v) is 3.52. The van der Waals surface area contributed by atoms with Gasteiger partial charge in [0.2, 0.25) is 0 Å². The fraction of sp³-hybridized carbons (Fsp3) is 0.350. The molecule has 0 saturated carbocycles. The molecule has 3 heterocycles. The molecule has 1 unspecified atom stereocenters. The molecule has 23 heavy (non-hydrogen) atoms. The van der Waals surface area contributed by atoms with Crippen LogP contribution in [0.2, 0.25) is 0 Å². The van der Waals surface area contributed by atoms with Crippen molar-refractivity contribution in [2.24, 2.45) is 0 Å². The second-order valence-electron chi connectivity index (χ2n) is 6.49. The minimum absolute atomic E-state index is 0.505. The van der Waals surface area contributed by atoms with Crippen molar-refractivity contribution in [3.8, 4) is 11.3 Å². The molecule has 0 radical (unpaired) electrons. The molecule has 1 atom stereocenters. The third-order valence-corrected chi connectivity index (χ3v) is 4.99. The van der Waals surface area contributed by atoms with Gasteiger partial charge in [-0.05, 0) is 50.6 Å². The van der Waals surface area contributed by atoms with Crippen molar-refractivity contribution in [3.05, 3.63) is 60.4 Å². The number of fused-ring (bicyclic) bond motifs is 1. The minimum Gasteiger partial charge on any atom is -0.306 e. The number of hydrogen-bond donors (Lipinski definition) is 0. The predicted molar refractivity (Wildman–Crippen MR) is 94.5 cm³/mol. The molecular weight excluding hydrogens is 282 g/mol. The van der Waals surface area contributed by atoms with E-state index in [0.717, 1.165) is 11.3 Å². The molecular formula is C20H23N3. The number of pyridine rings is 1. The van der Waals surface area contributed by atoms with Gasteiger partial charge in [0.05, 0.1) is 5.69 Å². The number of aromatic nitrogens is 2. The maximum atomic E-state index is 4.70. The molecule has 1 aliphatic rings. The summed E-state index contributed by atoms with van der Waals surface area (Å²) >= 11 is 0. The van der Waals surface area contributed by atoms with Crippen LogP contribution in [-0.4, -0.2) is 27.4 Å². The zero-order valence-electron chi connectivity index (χ0n) is 13.7. The second-order valence-corrected chi connectivity index (χ2v) is 6.49. The third kappa shape index (κ3) is 2.89. The Morgan fingerprint density at radius 2 is 1.74 bits per heavy atom. The highest BCUT2D eigenvalue weighted by atomic mass is 15.2. The summed E-state index contributed by atoms with van der Waals surface area (Å²) in [6.07, 6.45) is 8.19. The molecule has 1 aliphatic heterocycles. The molecule has 118 valence electrons. The number of hydrogen-bond acceptors (Lipinski definition) is 2. The minimum atomic E-state index is 0.505. The molecule has 1 aromatic carbocycles. The zero-order chi connectivity index (χ0) is 15.6. The smallest absolute Gasteiger partial charge is 0.137 e. The van der Waals surface area contributed by atoms with Crippen LogP contribution in [0.4, 0.5) is 0 Å². The van der Waals surface area contributed by atoms with E-state index in [1.54, 1.807) is 0 Å². The van der Waals surface area contributed by atoms with Gasteiger partial charge in [0.15, 0.2) is 0 Å². The van der Waals surface area contributed by atoms with E-state index in [2.05, 4.69) is 46.7 Å². The Morgan fingerprint density at radius 3 is 2.48 bits per heavy atom. The Labute approximate surface area is 137 Å². The number of piperidine rings is 1. The van der Waals surface area contributed by atoms with Crippen LogP contribution in [-0.2, 0) is 0 Å². The SMILES string of the molecule is CC(c1ccc(-c2cn3ccccc3n2)cc1)N1CCCCC1. The predicted octanol–water partition coefficient (Wildman–Crippen LogP) is 4.55.